The fraction of sp³-hybridized carbons (Fsp3) is 0. The van der Waals surface area contributed by atoms with Gasteiger partial charge in [0.2, 0.25) is 5.88 Å². The van der Waals surface area contributed by atoms with Crippen molar-refractivity contribution in [2.75, 3.05) is 0 Å². The first-order valence-electron chi connectivity index (χ1n) is 7.66. The van der Waals surface area contributed by atoms with Gasteiger partial charge in [-0.15, -0.1) is 0 Å². The number of hydrogen-bond donors (Lipinski definition) is 0. The first-order chi connectivity index (χ1) is 12.2. The van der Waals surface area contributed by atoms with Crippen LogP contribution in [-0.2, 0) is 0 Å². The molecule has 0 aliphatic heterocycles. The normalized spacial score (nSPS) is 10.8. The number of ether oxygens (including phenoxy) is 1. The fourth-order valence-corrected chi connectivity index (χ4v) is 3.01. The Hall–Kier alpha value is -2.62. The summed E-state index contributed by atoms with van der Waals surface area (Å²) >= 11 is 12.3. The molecule has 0 saturated carbocycles. The number of rotatable bonds is 3. The minimum atomic E-state index is 0.484. The lowest BCUT2D eigenvalue weighted by Crippen LogP contribution is -1.96. The molecule has 1 aromatic heterocycles. The first kappa shape index (κ1) is 15.9. The van der Waals surface area contributed by atoms with Crippen molar-refractivity contribution in [2.45, 2.75) is 0 Å². The Morgan fingerprint density at radius 1 is 0.760 bits per heavy atom. The molecule has 5 heteroatoms. The van der Waals surface area contributed by atoms with E-state index >= 15 is 0 Å². The van der Waals surface area contributed by atoms with Gasteiger partial charge in [0, 0.05) is 10.6 Å². The van der Waals surface area contributed by atoms with E-state index in [4.69, 9.17) is 27.9 Å². The highest BCUT2D eigenvalue weighted by Gasteiger charge is 2.13. The zero-order valence-corrected chi connectivity index (χ0v) is 14.5. The Morgan fingerprint density at radius 3 is 2.32 bits per heavy atom. The van der Waals surface area contributed by atoms with Crippen molar-refractivity contribution >= 4 is 34.1 Å². The smallest absolute Gasteiger partial charge is 0.230 e. The zero-order chi connectivity index (χ0) is 17.2. The molecule has 0 fully saturated rings. The van der Waals surface area contributed by atoms with E-state index in [1.165, 1.54) is 0 Å². The molecule has 0 bridgehead atoms. The second-order valence-corrected chi connectivity index (χ2v) is 6.25. The van der Waals surface area contributed by atoms with Crippen molar-refractivity contribution in [2.24, 2.45) is 0 Å². The Bertz CT molecular complexity index is 1050. The van der Waals surface area contributed by atoms with E-state index in [1.807, 2.05) is 54.6 Å². The lowest BCUT2D eigenvalue weighted by Gasteiger charge is -2.11. The van der Waals surface area contributed by atoms with Gasteiger partial charge in [-0.3, -0.25) is 0 Å². The van der Waals surface area contributed by atoms with Crippen LogP contribution in [0.4, 0.5) is 0 Å². The summed E-state index contributed by atoms with van der Waals surface area (Å²) in [6.07, 6.45) is 0. The van der Waals surface area contributed by atoms with E-state index < -0.39 is 0 Å². The molecule has 0 N–H and O–H groups in total. The van der Waals surface area contributed by atoms with Crippen LogP contribution in [-0.4, -0.2) is 9.97 Å². The predicted octanol–water partition coefficient (Wildman–Crippen LogP) is 6.40. The monoisotopic (exact) mass is 366 g/mol. The number of benzene rings is 3. The quantitative estimate of drug-likeness (QED) is 0.420. The van der Waals surface area contributed by atoms with Crippen LogP contribution in [0.1, 0.15) is 0 Å². The first-order valence-corrected chi connectivity index (χ1v) is 8.41. The maximum absolute atomic E-state index is 6.32. The third kappa shape index (κ3) is 3.29. The van der Waals surface area contributed by atoms with Gasteiger partial charge < -0.3 is 4.74 Å². The van der Waals surface area contributed by atoms with Gasteiger partial charge in [0.1, 0.15) is 5.75 Å². The maximum Gasteiger partial charge on any atom is 0.230 e. The topological polar surface area (TPSA) is 35.0 Å². The largest absolute Gasteiger partial charge is 0.438 e. The summed E-state index contributed by atoms with van der Waals surface area (Å²) in [6.45, 7) is 0. The maximum atomic E-state index is 6.32. The number of hydrogen-bond acceptors (Lipinski definition) is 3. The zero-order valence-electron chi connectivity index (χ0n) is 13.0. The molecule has 0 aliphatic rings. The lowest BCUT2D eigenvalue weighted by atomic mass is 10.2. The molecule has 4 aromatic rings. The van der Waals surface area contributed by atoms with Gasteiger partial charge in [0.15, 0.2) is 5.82 Å². The highest BCUT2D eigenvalue weighted by atomic mass is 35.5. The molecule has 25 heavy (non-hydrogen) atoms. The van der Waals surface area contributed by atoms with Gasteiger partial charge in [-0.1, -0.05) is 53.5 Å². The second-order valence-electron chi connectivity index (χ2n) is 5.41. The van der Waals surface area contributed by atoms with E-state index in [0.29, 0.717) is 33.1 Å². The molecule has 0 saturated heterocycles. The van der Waals surface area contributed by atoms with E-state index in [1.54, 1.807) is 18.2 Å². The molecule has 3 nitrogen and oxygen atoms in total. The van der Waals surface area contributed by atoms with Gasteiger partial charge in [-0.25, -0.2) is 4.98 Å². The Morgan fingerprint density at radius 2 is 1.52 bits per heavy atom. The number of aromatic nitrogens is 2. The summed E-state index contributed by atoms with van der Waals surface area (Å²) in [7, 11) is 0. The molecule has 0 atom stereocenters. The van der Waals surface area contributed by atoms with Crippen molar-refractivity contribution in [3.63, 3.8) is 0 Å². The Labute approximate surface area is 154 Å². The van der Waals surface area contributed by atoms with E-state index in [2.05, 4.69) is 9.97 Å². The minimum absolute atomic E-state index is 0.484. The standard InChI is InChI=1S/C20H12Cl2N2O/c21-13-10-11-15(17(22)12-13)19-23-18-9-5-4-8-16(18)20(24-19)25-14-6-2-1-3-7-14/h1-12H. The molecule has 0 aliphatic carbocycles. The van der Waals surface area contributed by atoms with Crippen LogP contribution in [0.25, 0.3) is 22.3 Å². The molecule has 122 valence electrons. The van der Waals surface area contributed by atoms with Crippen molar-refractivity contribution in [1.82, 2.24) is 9.97 Å². The average Bonchev–Trinajstić information content (AvgIpc) is 2.62. The summed E-state index contributed by atoms with van der Waals surface area (Å²) in [6, 6.07) is 22.5. The van der Waals surface area contributed by atoms with Crippen LogP contribution in [0.15, 0.2) is 72.8 Å². The summed E-state index contributed by atoms with van der Waals surface area (Å²) < 4.78 is 6.00. The summed E-state index contributed by atoms with van der Waals surface area (Å²) in [4.78, 5) is 9.22. The van der Waals surface area contributed by atoms with Gasteiger partial charge in [-0.05, 0) is 42.5 Å². The third-order valence-corrected chi connectivity index (χ3v) is 4.25. The molecule has 1 heterocycles. The van der Waals surface area contributed by atoms with Crippen LogP contribution >= 0.6 is 23.2 Å². The molecule has 0 spiro atoms. The van der Waals surface area contributed by atoms with E-state index in [0.717, 1.165) is 10.9 Å². The Kier molecular flexibility index (Phi) is 4.26. The highest BCUT2D eigenvalue weighted by Crippen LogP contribution is 2.33. The van der Waals surface area contributed by atoms with Gasteiger partial charge in [0.05, 0.1) is 15.9 Å². The van der Waals surface area contributed by atoms with Crippen LogP contribution in [0.5, 0.6) is 11.6 Å². The van der Waals surface area contributed by atoms with Crippen LogP contribution in [0.2, 0.25) is 10.0 Å². The van der Waals surface area contributed by atoms with Crippen molar-refractivity contribution in [3.8, 4) is 23.0 Å². The lowest BCUT2D eigenvalue weighted by molar-refractivity contribution is 0.469. The summed E-state index contributed by atoms with van der Waals surface area (Å²) in [5, 5.41) is 1.89. The van der Waals surface area contributed by atoms with Gasteiger partial charge in [0.25, 0.3) is 0 Å². The van der Waals surface area contributed by atoms with E-state index in [9.17, 15) is 0 Å². The van der Waals surface area contributed by atoms with Crippen LogP contribution < -0.4 is 4.74 Å². The molecule has 0 radical (unpaired) electrons. The van der Waals surface area contributed by atoms with Gasteiger partial charge in [-0.2, -0.15) is 4.98 Å². The fourth-order valence-electron chi connectivity index (χ4n) is 2.52. The SMILES string of the molecule is Clc1ccc(-c2nc(Oc3ccccc3)c3ccccc3n2)c(Cl)c1. The number of halogens is 2. The minimum Gasteiger partial charge on any atom is -0.438 e. The van der Waals surface area contributed by atoms with E-state index in [-0.39, 0.29) is 0 Å². The molecular formula is C20H12Cl2N2O. The van der Waals surface area contributed by atoms with Crippen LogP contribution in [0.3, 0.4) is 0 Å². The van der Waals surface area contributed by atoms with Crippen molar-refractivity contribution in [1.29, 1.82) is 0 Å². The molecule has 0 unspecified atom stereocenters. The van der Waals surface area contributed by atoms with Crippen molar-refractivity contribution < 1.29 is 4.74 Å². The summed E-state index contributed by atoms with van der Waals surface area (Å²) in [5.41, 5.74) is 1.49. The molecular weight excluding hydrogens is 355 g/mol. The number of fused-ring (bicyclic) bond motifs is 1. The van der Waals surface area contributed by atoms with Crippen molar-refractivity contribution in [3.05, 3.63) is 82.8 Å². The Balaban J connectivity index is 1.89. The second kappa shape index (κ2) is 6.71. The predicted molar refractivity (Wildman–Crippen MR) is 102 cm³/mol. The number of nitrogens with zero attached hydrogens (tertiary/aromatic N) is 2. The molecule has 4 rings (SSSR count). The van der Waals surface area contributed by atoms with Gasteiger partial charge >= 0.3 is 0 Å². The molecule has 0 amide bonds. The van der Waals surface area contributed by atoms with Crippen LogP contribution in [0, 0.1) is 0 Å². The number of para-hydroxylation sites is 2. The average molecular weight is 367 g/mol. The third-order valence-electron chi connectivity index (χ3n) is 3.70. The molecule has 3 aromatic carbocycles. The highest BCUT2D eigenvalue weighted by molar-refractivity contribution is 6.36. The summed E-state index contributed by atoms with van der Waals surface area (Å²) in [5.74, 6) is 1.68.